The molecule has 1 saturated heterocycles. The van der Waals surface area contributed by atoms with E-state index in [0.717, 1.165) is 6.54 Å². The molecule has 0 amide bonds. The van der Waals surface area contributed by atoms with Gasteiger partial charge in [0.25, 0.3) is 0 Å². The van der Waals surface area contributed by atoms with E-state index in [1.807, 2.05) is 18.0 Å². The normalized spacial score (nSPS) is 17.1. The third-order valence-corrected chi connectivity index (χ3v) is 3.52. The number of aromatic nitrogens is 2. The van der Waals surface area contributed by atoms with Crippen molar-refractivity contribution in [2.45, 2.75) is 26.4 Å². The van der Waals surface area contributed by atoms with Crippen molar-refractivity contribution in [2.75, 3.05) is 16.8 Å². The van der Waals surface area contributed by atoms with E-state index in [4.69, 9.17) is 0 Å². The maximum absolute atomic E-state index is 4.32. The lowest BCUT2D eigenvalue weighted by atomic mass is 10.2. The van der Waals surface area contributed by atoms with Gasteiger partial charge in [-0.05, 0) is 5.92 Å². The van der Waals surface area contributed by atoms with Crippen LogP contribution < -0.4 is 5.32 Å². The second kappa shape index (κ2) is 4.26. The van der Waals surface area contributed by atoms with Crippen molar-refractivity contribution < 1.29 is 0 Å². The summed E-state index contributed by atoms with van der Waals surface area (Å²) in [5, 5.41) is 7.83. The molecule has 0 aliphatic carbocycles. The SMILES string of the molecule is CC(C)Cn1nccc1NC1CSC1. The summed E-state index contributed by atoms with van der Waals surface area (Å²) in [5.74, 6) is 4.27. The Bertz CT molecular complexity index is 291. The molecule has 3 nitrogen and oxygen atoms in total. The Labute approximate surface area is 89.3 Å². The van der Waals surface area contributed by atoms with Gasteiger partial charge in [0, 0.05) is 30.2 Å². The van der Waals surface area contributed by atoms with Crippen LogP contribution in [0.25, 0.3) is 0 Å². The maximum atomic E-state index is 4.32. The highest BCUT2D eigenvalue weighted by Crippen LogP contribution is 2.22. The average molecular weight is 211 g/mol. The highest BCUT2D eigenvalue weighted by Gasteiger charge is 2.18. The maximum Gasteiger partial charge on any atom is 0.124 e. The van der Waals surface area contributed by atoms with E-state index in [0.29, 0.717) is 12.0 Å². The van der Waals surface area contributed by atoms with E-state index >= 15 is 0 Å². The van der Waals surface area contributed by atoms with Gasteiger partial charge < -0.3 is 5.32 Å². The Morgan fingerprint density at radius 1 is 1.64 bits per heavy atom. The van der Waals surface area contributed by atoms with Gasteiger partial charge in [-0.25, -0.2) is 4.68 Å². The number of hydrogen-bond donors (Lipinski definition) is 1. The van der Waals surface area contributed by atoms with Crippen LogP contribution in [0.5, 0.6) is 0 Å². The van der Waals surface area contributed by atoms with Gasteiger partial charge in [-0.2, -0.15) is 16.9 Å². The van der Waals surface area contributed by atoms with Crippen LogP contribution >= 0.6 is 11.8 Å². The fourth-order valence-corrected chi connectivity index (χ4v) is 2.11. The first-order valence-corrected chi connectivity index (χ1v) is 6.27. The van der Waals surface area contributed by atoms with Gasteiger partial charge in [0.15, 0.2) is 0 Å². The second-order valence-corrected chi connectivity index (χ2v) is 5.25. The van der Waals surface area contributed by atoms with Crippen LogP contribution in [0.1, 0.15) is 13.8 Å². The predicted molar refractivity (Wildman–Crippen MR) is 61.8 cm³/mol. The lowest BCUT2D eigenvalue weighted by Crippen LogP contribution is -2.34. The van der Waals surface area contributed by atoms with E-state index in [2.05, 4.69) is 35.0 Å². The van der Waals surface area contributed by atoms with Crippen LogP contribution in [0.15, 0.2) is 12.3 Å². The van der Waals surface area contributed by atoms with Crippen molar-refractivity contribution in [1.82, 2.24) is 9.78 Å². The smallest absolute Gasteiger partial charge is 0.124 e. The zero-order valence-corrected chi connectivity index (χ0v) is 9.55. The molecule has 1 fully saturated rings. The Kier molecular flexibility index (Phi) is 3.01. The van der Waals surface area contributed by atoms with Gasteiger partial charge in [0.1, 0.15) is 5.82 Å². The minimum absolute atomic E-state index is 0.645. The van der Waals surface area contributed by atoms with Gasteiger partial charge >= 0.3 is 0 Å². The topological polar surface area (TPSA) is 29.9 Å². The summed E-state index contributed by atoms with van der Waals surface area (Å²) in [6, 6.07) is 2.72. The minimum atomic E-state index is 0.645. The van der Waals surface area contributed by atoms with Crippen molar-refractivity contribution in [3.05, 3.63) is 12.3 Å². The molecule has 0 bridgehead atoms. The first-order valence-electron chi connectivity index (χ1n) is 5.12. The van der Waals surface area contributed by atoms with E-state index < -0.39 is 0 Å². The van der Waals surface area contributed by atoms with Crippen LogP contribution in [0.4, 0.5) is 5.82 Å². The molecule has 0 aromatic carbocycles. The molecule has 1 aliphatic rings. The molecule has 1 aromatic rings. The van der Waals surface area contributed by atoms with Crippen molar-refractivity contribution in [3.8, 4) is 0 Å². The second-order valence-electron chi connectivity index (χ2n) is 4.17. The Morgan fingerprint density at radius 3 is 3.00 bits per heavy atom. The molecule has 1 aliphatic heterocycles. The van der Waals surface area contributed by atoms with Crippen LogP contribution in [-0.4, -0.2) is 27.3 Å². The lowest BCUT2D eigenvalue weighted by Gasteiger charge is -2.27. The van der Waals surface area contributed by atoms with Crippen molar-refractivity contribution in [1.29, 1.82) is 0 Å². The first-order chi connectivity index (χ1) is 6.75. The van der Waals surface area contributed by atoms with Crippen LogP contribution in [0.3, 0.4) is 0 Å². The first kappa shape index (κ1) is 9.90. The number of hydrogen-bond acceptors (Lipinski definition) is 3. The van der Waals surface area contributed by atoms with Gasteiger partial charge in [-0.1, -0.05) is 13.8 Å². The fourth-order valence-electron chi connectivity index (χ4n) is 1.47. The van der Waals surface area contributed by atoms with Crippen molar-refractivity contribution in [3.63, 3.8) is 0 Å². The van der Waals surface area contributed by atoms with E-state index in [1.54, 1.807) is 0 Å². The summed E-state index contributed by atoms with van der Waals surface area (Å²) >= 11 is 1.99. The molecular formula is C10H17N3S. The molecule has 4 heteroatoms. The monoisotopic (exact) mass is 211 g/mol. The average Bonchev–Trinajstić information content (AvgIpc) is 2.44. The fraction of sp³-hybridized carbons (Fsp3) is 0.700. The summed E-state index contributed by atoms with van der Waals surface area (Å²) in [5.41, 5.74) is 0. The van der Waals surface area contributed by atoms with Crippen molar-refractivity contribution >= 4 is 17.6 Å². The molecule has 0 atom stereocenters. The Balaban J connectivity index is 1.97. The zero-order chi connectivity index (χ0) is 9.97. The lowest BCUT2D eigenvalue weighted by molar-refractivity contribution is 0.486. The summed E-state index contributed by atoms with van der Waals surface area (Å²) in [6.07, 6.45) is 1.87. The third-order valence-electron chi connectivity index (χ3n) is 2.24. The zero-order valence-electron chi connectivity index (χ0n) is 8.73. The summed E-state index contributed by atoms with van der Waals surface area (Å²) < 4.78 is 2.06. The van der Waals surface area contributed by atoms with Gasteiger partial charge in [0.2, 0.25) is 0 Å². The highest BCUT2D eigenvalue weighted by atomic mass is 32.2. The molecule has 0 unspecified atom stereocenters. The largest absolute Gasteiger partial charge is 0.366 e. The summed E-state index contributed by atoms with van der Waals surface area (Å²) in [4.78, 5) is 0. The number of nitrogens with zero attached hydrogens (tertiary/aromatic N) is 2. The molecule has 2 rings (SSSR count). The number of thioether (sulfide) groups is 1. The molecule has 14 heavy (non-hydrogen) atoms. The van der Waals surface area contributed by atoms with Crippen molar-refractivity contribution in [2.24, 2.45) is 5.92 Å². The van der Waals surface area contributed by atoms with E-state index in [1.165, 1.54) is 17.3 Å². The molecule has 2 heterocycles. The van der Waals surface area contributed by atoms with Gasteiger partial charge in [-0.15, -0.1) is 0 Å². The number of nitrogens with one attached hydrogen (secondary N) is 1. The Morgan fingerprint density at radius 2 is 2.43 bits per heavy atom. The molecule has 1 aromatic heterocycles. The highest BCUT2D eigenvalue weighted by molar-refractivity contribution is 8.00. The molecular weight excluding hydrogens is 194 g/mol. The molecule has 78 valence electrons. The summed E-state index contributed by atoms with van der Waals surface area (Å²) in [7, 11) is 0. The molecule has 0 saturated carbocycles. The van der Waals surface area contributed by atoms with Crippen LogP contribution in [0, 0.1) is 5.92 Å². The summed E-state index contributed by atoms with van der Waals surface area (Å²) in [6.45, 7) is 5.42. The van der Waals surface area contributed by atoms with E-state index in [9.17, 15) is 0 Å². The van der Waals surface area contributed by atoms with E-state index in [-0.39, 0.29) is 0 Å². The Hall–Kier alpha value is -0.640. The molecule has 1 N–H and O–H groups in total. The minimum Gasteiger partial charge on any atom is -0.366 e. The standard InChI is InChI=1S/C10H17N3S/c1-8(2)5-13-10(3-4-11-13)12-9-6-14-7-9/h3-4,8-9,12H,5-7H2,1-2H3. The van der Waals surface area contributed by atoms with Crippen LogP contribution in [-0.2, 0) is 6.54 Å². The predicted octanol–water partition coefficient (Wildman–Crippen LogP) is 2.07. The third kappa shape index (κ3) is 2.23. The number of rotatable bonds is 4. The molecule has 0 spiro atoms. The number of anilines is 1. The molecule has 0 radical (unpaired) electrons. The van der Waals surface area contributed by atoms with Gasteiger partial charge in [0.05, 0.1) is 6.20 Å². The van der Waals surface area contributed by atoms with Crippen LogP contribution in [0.2, 0.25) is 0 Å². The quantitative estimate of drug-likeness (QED) is 0.827. The van der Waals surface area contributed by atoms with Gasteiger partial charge in [-0.3, -0.25) is 0 Å².